The molecule has 2 aliphatic carbocycles. The molecule has 0 radical (unpaired) electrons. The van der Waals surface area contributed by atoms with Gasteiger partial charge in [0.1, 0.15) is 0 Å². The molecule has 1 unspecified atom stereocenters. The van der Waals surface area contributed by atoms with Crippen LogP contribution in [0.3, 0.4) is 0 Å². The number of nitrogens with one attached hydrogen (secondary N) is 2. The summed E-state index contributed by atoms with van der Waals surface area (Å²) in [5.41, 5.74) is 1.66. The van der Waals surface area contributed by atoms with Crippen molar-refractivity contribution in [2.24, 2.45) is 0 Å². The van der Waals surface area contributed by atoms with Crippen LogP contribution >= 0.6 is 11.9 Å². The maximum absolute atomic E-state index is 13.4. The van der Waals surface area contributed by atoms with E-state index < -0.39 is 26.5 Å². The van der Waals surface area contributed by atoms with Crippen LogP contribution in [-0.2, 0) is 0 Å². The zero-order valence-electron chi connectivity index (χ0n) is 22.3. The van der Waals surface area contributed by atoms with Gasteiger partial charge in [-0.1, -0.05) is 13.8 Å². The third-order valence-corrected chi connectivity index (χ3v) is 9.84. The summed E-state index contributed by atoms with van der Waals surface area (Å²) < 4.78 is 32.5. The number of pyridine rings is 1. The zero-order valence-corrected chi connectivity index (χ0v) is 24.9. The van der Waals surface area contributed by atoms with E-state index >= 15 is 0 Å². The van der Waals surface area contributed by atoms with Gasteiger partial charge < -0.3 is 0 Å². The van der Waals surface area contributed by atoms with Crippen LogP contribution in [0.2, 0.25) is 0 Å². The number of rotatable bonds is 7. The summed E-state index contributed by atoms with van der Waals surface area (Å²) in [5.74, 6) is 1.10. The van der Waals surface area contributed by atoms with E-state index in [9.17, 15) is 19.3 Å². The number of nitriles is 2. The van der Waals surface area contributed by atoms with Crippen molar-refractivity contribution in [2.75, 3.05) is 18.0 Å². The topological polar surface area (TPSA) is 118 Å². The average molecular weight is 619 g/mol. The molecular weight excluding hydrogens is 587 g/mol. The third kappa shape index (κ3) is 5.70. The second-order valence-electron chi connectivity index (χ2n) is 10.6. The summed E-state index contributed by atoms with van der Waals surface area (Å²) in [5, 5.41) is 35.6. The number of hydrogen-bond acceptors (Lipinski definition) is 9. The van der Waals surface area contributed by atoms with Gasteiger partial charge in [-0.2, -0.15) is 0 Å². The van der Waals surface area contributed by atoms with Crippen LogP contribution in [0.5, 0.6) is 0 Å². The number of piperazine rings is 1. The standard InChI is InChI=1S/C24H25F2N9SSe.C2H6/c1-23(2)12-34(10-14(9-27)29-23)17-8-15(36-33-24(11-28)5-6-24)7-16-18(19(13-3-4-13)32-35(16)17)21-30-31-22(37-21)20(25)26;1-2/h7-8,13-14,20,29,33H,3-6,10,12H2,1-2H3;1-2H3. The molecule has 206 valence electrons. The van der Waals surface area contributed by atoms with Crippen molar-refractivity contribution < 1.29 is 8.78 Å². The number of nitrogens with zero attached hydrogens (tertiary/aromatic N) is 7. The SMILES string of the molecule is CC.CC1(C)CN(c2cc(SNC3(C#N)CC3)cc3c(-c4nnc(C(F)F)[se]4)c(C4CC4)nn23)CC(C#N)N1. The molecule has 9 nitrogen and oxygen atoms in total. The Labute approximate surface area is 236 Å². The van der Waals surface area contributed by atoms with E-state index in [1.54, 1.807) is 0 Å². The molecule has 4 heterocycles. The molecule has 3 aromatic heterocycles. The van der Waals surface area contributed by atoms with Gasteiger partial charge in [0.2, 0.25) is 0 Å². The Morgan fingerprint density at radius 1 is 1.21 bits per heavy atom. The molecule has 1 atom stereocenters. The molecule has 6 rings (SSSR count). The van der Waals surface area contributed by atoms with Crippen LogP contribution in [-0.4, -0.2) is 64.5 Å². The first-order valence-corrected chi connectivity index (χ1v) is 15.7. The number of aromatic nitrogens is 4. The summed E-state index contributed by atoms with van der Waals surface area (Å²) in [7, 11) is 0. The fraction of sp³-hybridized carbons (Fsp3) is 0.577. The molecule has 0 aromatic carbocycles. The Kier molecular flexibility index (Phi) is 7.75. The van der Waals surface area contributed by atoms with Gasteiger partial charge in [-0.05, 0) is 0 Å². The van der Waals surface area contributed by atoms with Gasteiger partial charge >= 0.3 is 223 Å². The Bertz CT molecular complexity index is 1450. The number of hydrogen-bond donors (Lipinski definition) is 2. The van der Waals surface area contributed by atoms with Gasteiger partial charge in [0.15, 0.2) is 0 Å². The second kappa shape index (κ2) is 10.8. The van der Waals surface area contributed by atoms with Crippen molar-refractivity contribution in [3.63, 3.8) is 0 Å². The molecule has 2 saturated carbocycles. The molecule has 1 saturated heterocycles. The Morgan fingerprint density at radius 2 is 1.95 bits per heavy atom. The molecule has 3 fully saturated rings. The van der Waals surface area contributed by atoms with Crippen LogP contribution < -0.4 is 14.9 Å². The second-order valence-corrected chi connectivity index (χ2v) is 13.6. The molecule has 0 bridgehead atoms. The predicted octanol–water partition coefficient (Wildman–Crippen LogP) is 4.42. The molecule has 3 aliphatic rings. The van der Waals surface area contributed by atoms with E-state index in [4.69, 9.17) is 5.10 Å². The summed E-state index contributed by atoms with van der Waals surface area (Å²) in [6, 6.07) is 8.37. The van der Waals surface area contributed by atoms with Crippen LogP contribution in [0.15, 0.2) is 17.0 Å². The zero-order chi connectivity index (χ0) is 27.9. The summed E-state index contributed by atoms with van der Waals surface area (Å²) in [6.45, 7) is 9.26. The van der Waals surface area contributed by atoms with Crippen molar-refractivity contribution >= 4 is 37.8 Å². The summed E-state index contributed by atoms with van der Waals surface area (Å²) >= 11 is 0.724. The van der Waals surface area contributed by atoms with Crippen molar-refractivity contribution in [3.05, 3.63) is 22.4 Å². The molecule has 0 spiro atoms. The fourth-order valence-corrected chi connectivity index (χ4v) is 7.28. The first-order valence-electron chi connectivity index (χ1n) is 13.2. The minimum atomic E-state index is -2.62. The molecule has 13 heteroatoms. The van der Waals surface area contributed by atoms with E-state index in [1.165, 1.54) is 11.9 Å². The van der Waals surface area contributed by atoms with E-state index in [1.807, 2.05) is 30.5 Å². The molecule has 3 aromatic rings. The van der Waals surface area contributed by atoms with Crippen molar-refractivity contribution in [1.29, 1.82) is 10.5 Å². The Balaban J connectivity index is 0.00000151. The monoisotopic (exact) mass is 619 g/mol. The van der Waals surface area contributed by atoms with E-state index in [0.29, 0.717) is 17.7 Å². The number of alkyl halides is 2. The van der Waals surface area contributed by atoms with Gasteiger partial charge in [0, 0.05) is 0 Å². The molecule has 2 N–H and O–H groups in total. The van der Waals surface area contributed by atoms with Gasteiger partial charge in [-0.15, -0.1) is 0 Å². The van der Waals surface area contributed by atoms with Gasteiger partial charge in [-0.3, -0.25) is 0 Å². The summed E-state index contributed by atoms with van der Waals surface area (Å²) in [6.07, 6.45) is 0.988. The third-order valence-electron chi connectivity index (χ3n) is 6.88. The predicted molar refractivity (Wildman–Crippen MR) is 147 cm³/mol. The first kappa shape index (κ1) is 28.0. The van der Waals surface area contributed by atoms with Crippen LogP contribution in [0, 0.1) is 22.7 Å². The van der Waals surface area contributed by atoms with E-state index in [-0.39, 0.29) is 22.1 Å². The molecule has 39 heavy (non-hydrogen) atoms. The fourth-order valence-electron chi connectivity index (χ4n) is 4.78. The Morgan fingerprint density at radius 3 is 2.54 bits per heavy atom. The molecule has 1 aliphatic heterocycles. The molecular formula is C26H31F2N9SSe. The first-order chi connectivity index (χ1) is 18.7. The van der Waals surface area contributed by atoms with Crippen molar-refractivity contribution in [2.45, 2.75) is 87.7 Å². The van der Waals surface area contributed by atoms with Crippen LogP contribution in [0.25, 0.3) is 15.6 Å². The average Bonchev–Trinajstić information content (AvgIpc) is 3.83. The minimum absolute atomic E-state index is 0.165. The summed E-state index contributed by atoms with van der Waals surface area (Å²) in [4.78, 5) is 3.05. The van der Waals surface area contributed by atoms with Gasteiger partial charge in [-0.25, -0.2) is 0 Å². The van der Waals surface area contributed by atoms with Gasteiger partial charge in [0.25, 0.3) is 0 Å². The quantitative estimate of drug-likeness (QED) is 0.293. The van der Waals surface area contributed by atoms with Gasteiger partial charge in [0.05, 0.1) is 0 Å². The van der Waals surface area contributed by atoms with E-state index in [2.05, 4.69) is 51.1 Å². The maximum atomic E-state index is 13.4. The van der Waals surface area contributed by atoms with Crippen molar-refractivity contribution in [1.82, 2.24) is 29.9 Å². The van der Waals surface area contributed by atoms with Crippen molar-refractivity contribution in [3.8, 4) is 22.3 Å². The van der Waals surface area contributed by atoms with Crippen LogP contribution in [0.1, 0.15) is 76.0 Å². The number of anilines is 1. The normalized spacial score (nSPS) is 21.3. The molecule has 0 amide bonds. The Hall–Kier alpha value is -2.54. The van der Waals surface area contributed by atoms with Crippen LogP contribution in [0.4, 0.5) is 14.6 Å². The number of halogens is 2. The van der Waals surface area contributed by atoms with E-state index in [0.717, 1.165) is 53.2 Å². The number of fused-ring (bicyclic) bond motifs is 1.